The van der Waals surface area contributed by atoms with Crippen molar-refractivity contribution in [3.05, 3.63) is 11.9 Å². The second-order valence-corrected chi connectivity index (χ2v) is 6.02. The van der Waals surface area contributed by atoms with Crippen molar-refractivity contribution in [3.8, 4) is 0 Å². The minimum atomic E-state index is 0.474. The SMILES string of the molecule is CCOCc1nc(NC)cc(N(CCC(C)C)C2CC2)n1. The number of nitrogens with zero attached hydrogens (tertiary/aromatic N) is 3. The van der Waals surface area contributed by atoms with Gasteiger partial charge in [0.2, 0.25) is 0 Å². The van der Waals surface area contributed by atoms with Crippen molar-refractivity contribution in [1.29, 1.82) is 0 Å². The zero-order valence-corrected chi connectivity index (χ0v) is 13.7. The highest BCUT2D eigenvalue weighted by molar-refractivity contribution is 5.50. The molecule has 21 heavy (non-hydrogen) atoms. The predicted octanol–water partition coefficient (Wildman–Crippen LogP) is 3.07. The lowest BCUT2D eigenvalue weighted by atomic mass is 10.1. The smallest absolute Gasteiger partial charge is 0.158 e. The van der Waals surface area contributed by atoms with Crippen molar-refractivity contribution in [2.45, 2.75) is 52.7 Å². The molecule has 0 aliphatic heterocycles. The van der Waals surface area contributed by atoms with Crippen molar-refractivity contribution in [2.75, 3.05) is 30.4 Å². The first-order valence-corrected chi connectivity index (χ1v) is 8.04. The first kappa shape index (κ1) is 16.0. The maximum Gasteiger partial charge on any atom is 0.158 e. The Bertz CT molecular complexity index is 446. The Kier molecular flexibility index (Phi) is 5.79. The van der Waals surface area contributed by atoms with Crippen LogP contribution in [0.5, 0.6) is 0 Å². The maximum atomic E-state index is 5.46. The van der Waals surface area contributed by atoms with E-state index in [2.05, 4.69) is 29.0 Å². The van der Waals surface area contributed by atoms with Gasteiger partial charge in [0.05, 0.1) is 0 Å². The van der Waals surface area contributed by atoms with E-state index in [1.807, 2.05) is 20.0 Å². The van der Waals surface area contributed by atoms with Crippen molar-refractivity contribution in [1.82, 2.24) is 9.97 Å². The fourth-order valence-corrected chi connectivity index (χ4v) is 2.28. The summed E-state index contributed by atoms with van der Waals surface area (Å²) in [4.78, 5) is 11.6. The molecule has 1 aromatic rings. The Labute approximate surface area is 128 Å². The zero-order valence-electron chi connectivity index (χ0n) is 13.7. The van der Waals surface area contributed by atoms with Crippen LogP contribution in [0, 0.1) is 5.92 Å². The molecule has 0 spiro atoms. The quantitative estimate of drug-likeness (QED) is 0.758. The second kappa shape index (κ2) is 7.59. The van der Waals surface area contributed by atoms with Gasteiger partial charge in [-0.05, 0) is 32.1 Å². The second-order valence-electron chi connectivity index (χ2n) is 6.02. The average molecular weight is 292 g/mol. The van der Waals surface area contributed by atoms with Crippen LogP contribution >= 0.6 is 0 Å². The molecule has 1 aromatic heterocycles. The molecule has 5 nitrogen and oxygen atoms in total. The van der Waals surface area contributed by atoms with E-state index in [-0.39, 0.29) is 0 Å². The summed E-state index contributed by atoms with van der Waals surface area (Å²) in [6.45, 7) is 8.75. The maximum absolute atomic E-state index is 5.46. The first-order valence-electron chi connectivity index (χ1n) is 8.04. The van der Waals surface area contributed by atoms with Crippen molar-refractivity contribution in [3.63, 3.8) is 0 Å². The molecule has 0 unspecified atom stereocenters. The fourth-order valence-electron chi connectivity index (χ4n) is 2.28. The first-order chi connectivity index (χ1) is 10.1. The van der Waals surface area contributed by atoms with Crippen LogP contribution in [0.3, 0.4) is 0 Å². The molecule has 0 radical (unpaired) electrons. The monoisotopic (exact) mass is 292 g/mol. The minimum absolute atomic E-state index is 0.474. The van der Waals surface area contributed by atoms with E-state index < -0.39 is 0 Å². The molecule has 1 fully saturated rings. The van der Waals surface area contributed by atoms with Gasteiger partial charge in [0.15, 0.2) is 5.82 Å². The molecule has 0 aromatic carbocycles. The van der Waals surface area contributed by atoms with Gasteiger partial charge >= 0.3 is 0 Å². The van der Waals surface area contributed by atoms with Crippen LogP contribution in [-0.4, -0.2) is 36.2 Å². The van der Waals surface area contributed by atoms with E-state index in [1.54, 1.807) is 0 Å². The number of nitrogens with one attached hydrogen (secondary N) is 1. The lowest BCUT2D eigenvalue weighted by Gasteiger charge is -2.25. The van der Waals surface area contributed by atoms with Gasteiger partial charge < -0.3 is 15.0 Å². The van der Waals surface area contributed by atoms with Gasteiger partial charge in [-0.25, -0.2) is 9.97 Å². The van der Waals surface area contributed by atoms with E-state index in [4.69, 9.17) is 9.72 Å². The summed E-state index contributed by atoms with van der Waals surface area (Å²) in [6, 6.07) is 2.71. The Balaban J connectivity index is 2.17. The third-order valence-corrected chi connectivity index (χ3v) is 3.68. The van der Waals surface area contributed by atoms with Crippen molar-refractivity contribution >= 4 is 11.6 Å². The molecule has 1 aliphatic rings. The third-order valence-electron chi connectivity index (χ3n) is 3.68. The molecular formula is C16H28N4O. The topological polar surface area (TPSA) is 50.3 Å². The summed E-state index contributed by atoms with van der Waals surface area (Å²) in [5.41, 5.74) is 0. The Morgan fingerprint density at radius 3 is 2.71 bits per heavy atom. The van der Waals surface area contributed by atoms with Crippen LogP contribution in [0.4, 0.5) is 11.6 Å². The zero-order chi connectivity index (χ0) is 15.2. The molecule has 0 amide bonds. The largest absolute Gasteiger partial charge is 0.374 e. The third kappa shape index (κ3) is 4.84. The summed E-state index contributed by atoms with van der Waals surface area (Å²) in [5, 5.41) is 3.13. The van der Waals surface area contributed by atoms with E-state index in [0.717, 1.165) is 24.0 Å². The Morgan fingerprint density at radius 2 is 2.14 bits per heavy atom. The number of hydrogen-bond acceptors (Lipinski definition) is 5. The molecule has 0 saturated heterocycles. The summed E-state index contributed by atoms with van der Waals surface area (Å²) in [7, 11) is 1.89. The standard InChI is InChI=1S/C16H28N4O/c1-5-21-11-15-18-14(17-4)10-16(19-15)20(13-6-7-13)9-8-12(2)3/h10,12-13H,5-9,11H2,1-4H3,(H,17,18,19). The van der Waals surface area contributed by atoms with Crippen LogP contribution in [0.1, 0.15) is 45.9 Å². The molecule has 0 atom stereocenters. The lowest BCUT2D eigenvalue weighted by molar-refractivity contribution is 0.128. The Hall–Kier alpha value is -1.36. The number of ether oxygens (including phenoxy) is 1. The molecule has 1 N–H and O–H groups in total. The van der Waals surface area contributed by atoms with Gasteiger partial charge in [0.25, 0.3) is 0 Å². The Morgan fingerprint density at radius 1 is 1.38 bits per heavy atom. The summed E-state index contributed by atoms with van der Waals surface area (Å²) in [6.07, 6.45) is 3.74. The highest BCUT2D eigenvalue weighted by Crippen LogP contribution is 2.32. The number of anilines is 2. The van der Waals surface area contributed by atoms with Crippen LogP contribution < -0.4 is 10.2 Å². The van der Waals surface area contributed by atoms with Crippen LogP contribution in [0.15, 0.2) is 6.07 Å². The highest BCUT2D eigenvalue weighted by atomic mass is 16.5. The van der Waals surface area contributed by atoms with E-state index in [1.165, 1.54) is 19.3 Å². The molecule has 1 aliphatic carbocycles. The van der Waals surface area contributed by atoms with Crippen LogP contribution in [0.25, 0.3) is 0 Å². The van der Waals surface area contributed by atoms with Crippen LogP contribution in [0.2, 0.25) is 0 Å². The number of hydrogen-bond donors (Lipinski definition) is 1. The molecule has 5 heteroatoms. The fraction of sp³-hybridized carbons (Fsp3) is 0.750. The van der Waals surface area contributed by atoms with Gasteiger partial charge in [0.1, 0.15) is 18.2 Å². The van der Waals surface area contributed by atoms with E-state index in [9.17, 15) is 0 Å². The predicted molar refractivity (Wildman–Crippen MR) is 86.7 cm³/mol. The normalized spacial score (nSPS) is 14.5. The van der Waals surface area contributed by atoms with Gasteiger partial charge in [-0.3, -0.25) is 0 Å². The molecule has 1 saturated carbocycles. The summed E-state index contributed by atoms with van der Waals surface area (Å²) < 4.78 is 5.46. The van der Waals surface area contributed by atoms with Gasteiger partial charge in [0, 0.05) is 32.3 Å². The minimum Gasteiger partial charge on any atom is -0.374 e. The van der Waals surface area contributed by atoms with Crippen molar-refractivity contribution < 1.29 is 4.74 Å². The molecule has 118 valence electrons. The van der Waals surface area contributed by atoms with Crippen LogP contribution in [-0.2, 0) is 11.3 Å². The van der Waals surface area contributed by atoms with Gasteiger partial charge in [-0.2, -0.15) is 0 Å². The summed E-state index contributed by atoms with van der Waals surface area (Å²) >= 11 is 0. The van der Waals surface area contributed by atoms with E-state index in [0.29, 0.717) is 25.2 Å². The average Bonchev–Trinajstić information content (AvgIpc) is 3.29. The summed E-state index contributed by atoms with van der Waals surface area (Å²) in [5.74, 6) is 3.37. The number of rotatable bonds is 9. The molecular weight excluding hydrogens is 264 g/mol. The molecule has 1 heterocycles. The molecule has 0 bridgehead atoms. The number of aromatic nitrogens is 2. The van der Waals surface area contributed by atoms with Gasteiger partial charge in [-0.15, -0.1) is 0 Å². The highest BCUT2D eigenvalue weighted by Gasteiger charge is 2.30. The van der Waals surface area contributed by atoms with Gasteiger partial charge in [-0.1, -0.05) is 13.8 Å². The van der Waals surface area contributed by atoms with E-state index >= 15 is 0 Å². The molecule has 2 rings (SSSR count). The van der Waals surface area contributed by atoms with Crippen molar-refractivity contribution in [2.24, 2.45) is 5.92 Å². The lowest BCUT2D eigenvalue weighted by Crippen LogP contribution is -2.29.